The lowest BCUT2D eigenvalue weighted by Crippen LogP contribution is -2.39. The van der Waals surface area contributed by atoms with Gasteiger partial charge in [0, 0.05) is 5.56 Å². The van der Waals surface area contributed by atoms with Crippen molar-refractivity contribution in [2.24, 2.45) is 5.16 Å². The molecule has 0 atom stereocenters. The molecular weight excluding hydrogens is 400 g/mol. The van der Waals surface area contributed by atoms with Crippen LogP contribution >= 0.6 is 0 Å². The average molecular weight is 417 g/mol. The Kier molecular flexibility index (Phi) is 6.32. The van der Waals surface area contributed by atoms with Gasteiger partial charge in [0.2, 0.25) is 9.84 Å². The summed E-state index contributed by atoms with van der Waals surface area (Å²) in [4.78, 5) is -0.630. The highest BCUT2D eigenvalue weighted by Crippen LogP contribution is 2.33. The van der Waals surface area contributed by atoms with Gasteiger partial charge in [0.15, 0.2) is 5.71 Å². The fraction of sp³-hybridized carbons (Fsp3) is 0.235. The summed E-state index contributed by atoms with van der Waals surface area (Å²) in [6.07, 6.45) is 0.178. The minimum Gasteiger partial charge on any atom is -0.268 e. The van der Waals surface area contributed by atoms with Crippen LogP contribution in [0.15, 0.2) is 70.7 Å². The molecule has 2 aromatic carbocycles. The van der Waals surface area contributed by atoms with Crippen molar-refractivity contribution in [3.8, 4) is 0 Å². The summed E-state index contributed by atoms with van der Waals surface area (Å²) in [5.74, 6) is -0.449. The molecule has 0 amide bonds. The van der Waals surface area contributed by atoms with E-state index in [4.69, 9.17) is 0 Å². The minimum atomic E-state index is -5.20. The highest BCUT2D eigenvalue weighted by atomic mass is 32.2. The van der Waals surface area contributed by atoms with Gasteiger partial charge in [-0.2, -0.15) is 17.2 Å². The van der Waals surface area contributed by atoms with Gasteiger partial charge in [-0.05, 0) is 18.6 Å². The quantitative estimate of drug-likeness (QED) is 0.486. The summed E-state index contributed by atoms with van der Waals surface area (Å²) in [5.41, 5.74) is -1.60. The van der Waals surface area contributed by atoms with Crippen LogP contribution in [0.3, 0.4) is 0 Å². The molecule has 0 spiro atoms. The Hall–Kier alpha value is -2.33. The summed E-state index contributed by atoms with van der Waals surface area (Å²) < 4.78 is 82.7. The van der Waals surface area contributed by atoms with Crippen LogP contribution in [-0.2, 0) is 24.2 Å². The van der Waals surface area contributed by atoms with Crippen LogP contribution in [0, 0.1) is 0 Å². The Morgan fingerprint density at radius 2 is 1.48 bits per heavy atom. The Labute approximate surface area is 156 Å². The van der Waals surface area contributed by atoms with Crippen LogP contribution < -0.4 is 0 Å². The first-order valence-electron chi connectivity index (χ1n) is 7.84. The molecule has 2 rings (SSSR count). The highest BCUT2D eigenvalue weighted by Gasteiger charge is 2.52. The predicted octanol–water partition coefficient (Wildman–Crippen LogP) is 3.21. The van der Waals surface area contributed by atoms with Crippen molar-refractivity contribution < 1.29 is 29.9 Å². The van der Waals surface area contributed by atoms with Crippen molar-refractivity contribution >= 4 is 25.7 Å². The molecule has 0 aliphatic rings. The molecule has 0 aliphatic heterocycles. The second kappa shape index (κ2) is 8.13. The van der Waals surface area contributed by atoms with Gasteiger partial charge in [-0.25, -0.2) is 8.42 Å². The molecule has 0 radical (unpaired) electrons. The molecule has 0 saturated carbocycles. The number of halogens is 2. The molecule has 10 heteroatoms. The van der Waals surface area contributed by atoms with Gasteiger partial charge < -0.3 is 0 Å². The van der Waals surface area contributed by atoms with E-state index in [1.54, 1.807) is 6.92 Å². The van der Waals surface area contributed by atoms with Gasteiger partial charge >= 0.3 is 15.4 Å². The van der Waals surface area contributed by atoms with Crippen molar-refractivity contribution in [3.63, 3.8) is 0 Å². The summed E-state index contributed by atoms with van der Waals surface area (Å²) in [6, 6.07) is 12.8. The number of rotatable bonds is 8. The zero-order chi connectivity index (χ0) is 20.1. The molecular formula is C17H17F2NO5S2. The Morgan fingerprint density at radius 1 is 0.963 bits per heavy atom. The second-order valence-corrected chi connectivity index (χ2v) is 9.14. The third-order valence-corrected chi connectivity index (χ3v) is 6.38. The number of sulfone groups is 1. The second-order valence-electron chi connectivity index (χ2n) is 5.48. The average Bonchev–Trinajstić information content (AvgIpc) is 2.63. The monoisotopic (exact) mass is 417 g/mol. The van der Waals surface area contributed by atoms with E-state index in [9.17, 15) is 16.8 Å². The molecule has 27 heavy (non-hydrogen) atoms. The summed E-state index contributed by atoms with van der Waals surface area (Å²) in [7, 11) is -9.43. The number of nitrogens with zero attached hydrogens (tertiary/aromatic N) is 1. The third-order valence-electron chi connectivity index (χ3n) is 3.41. The lowest BCUT2D eigenvalue weighted by molar-refractivity contribution is 0.164. The normalized spacial score (nSPS) is 13.4. The molecule has 2 aromatic rings. The van der Waals surface area contributed by atoms with Crippen molar-refractivity contribution in [2.45, 2.75) is 23.5 Å². The van der Waals surface area contributed by atoms with E-state index in [0.717, 1.165) is 12.1 Å². The van der Waals surface area contributed by atoms with Gasteiger partial charge in [-0.15, -0.1) is 0 Å². The Balaban J connectivity index is 2.59. The summed E-state index contributed by atoms with van der Waals surface area (Å²) in [6.45, 7) is 1.55. The fourth-order valence-electron chi connectivity index (χ4n) is 2.13. The fourth-order valence-corrected chi connectivity index (χ4v) is 4.11. The zero-order valence-corrected chi connectivity index (χ0v) is 15.9. The van der Waals surface area contributed by atoms with Crippen LogP contribution in [0.1, 0.15) is 18.9 Å². The molecule has 0 saturated heterocycles. The maximum atomic E-state index is 15.0. The first-order chi connectivity index (χ1) is 12.6. The van der Waals surface area contributed by atoms with E-state index in [1.165, 1.54) is 48.5 Å². The summed E-state index contributed by atoms with van der Waals surface area (Å²) >= 11 is 0. The van der Waals surface area contributed by atoms with E-state index in [1.807, 2.05) is 0 Å². The number of hydrogen-bond donors (Lipinski definition) is 0. The van der Waals surface area contributed by atoms with Crippen LogP contribution in [0.5, 0.6) is 0 Å². The van der Waals surface area contributed by atoms with E-state index in [2.05, 4.69) is 9.44 Å². The van der Waals surface area contributed by atoms with Gasteiger partial charge in [0.05, 0.1) is 10.6 Å². The van der Waals surface area contributed by atoms with Crippen molar-refractivity contribution in [2.75, 3.05) is 5.75 Å². The van der Waals surface area contributed by atoms with Crippen LogP contribution in [-0.4, -0.2) is 33.6 Å². The molecule has 0 unspecified atom stereocenters. The molecule has 0 N–H and O–H groups in total. The van der Waals surface area contributed by atoms with Crippen LogP contribution in [0.25, 0.3) is 0 Å². The van der Waals surface area contributed by atoms with Gasteiger partial charge in [-0.1, -0.05) is 60.6 Å². The number of oxime groups is 1. The molecule has 146 valence electrons. The van der Waals surface area contributed by atoms with Crippen molar-refractivity contribution in [1.82, 2.24) is 0 Å². The smallest absolute Gasteiger partial charge is 0.268 e. The van der Waals surface area contributed by atoms with Gasteiger partial charge in [0.25, 0.3) is 0 Å². The number of hydrogen-bond acceptors (Lipinski definition) is 6. The first kappa shape index (κ1) is 21.0. The molecule has 6 nitrogen and oxygen atoms in total. The third kappa shape index (κ3) is 4.69. The standard InChI is InChI=1S/C17H17F2NO5S2/c1-2-13-26(21,22)25-20-16(14-9-5-3-6-10-14)17(18,19)27(23,24)15-11-7-4-8-12-15/h3-12H,2,13H2,1H3. The van der Waals surface area contributed by atoms with Crippen molar-refractivity contribution in [1.29, 1.82) is 0 Å². The maximum Gasteiger partial charge on any atom is 0.395 e. The zero-order valence-electron chi connectivity index (χ0n) is 14.2. The Morgan fingerprint density at radius 3 is 2.00 bits per heavy atom. The molecule has 0 heterocycles. The van der Waals surface area contributed by atoms with Crippen LogP contribution in [0.2, 0.25) is 0 Å². The van der Waals surface area contributed by atoms with Gasteiger partial charge in [-0.3, -0.25) is 4.28 Å². The first-order valence-corrected chi connectivity index (χ1v) is 10.9. The van der Waals surface area contributed by atoms with Gasteiger partial charge in [0.1, 0.15) is 0 Å². The minimum absolute atomic E-state index is 0.178. The Bertz CT molecular complexity index is 1010. The van der Waals surface area contributed by atoms with E-state index in [0.29, 0.717) is 0 Å². The topological polar surface area (TPSA) is 89.9 Å². The largest absolute Gasteiger partial charge is 0.395 e. The molecule has 0 aliphatic carbocycles. The molecule has 0 bridgehead atoms. The van der Waals surface area contributed by atoms with Crippen LogP contribution in [0.4, 0.5) is 8.78 Å². The lowest BCUT2D eigenvalue weighted by atomic mass is 10.1. The van der Waals surface area contributed by atoms with E-state index in [-0.39, 0.29) is 12.0 Å². The summed E-state index contributed by atoms with van der Waals surface area (Å²) in [5, 5.41) is -1.48. The SMILES string of the molecule is CCCS(=O)(=O)ON=C(c1ccccc1)C(F)(F)S(=O)(=O)c1ccccc1. The maximum absolute atomic E-state index is 15.0. The van der Waals surface area contributed by atoms with E-state index < -0.39 is 41.6 Å². The number of alkyl halides is 2. The number of benzene rings is 2. The molecule has 0 fully saturated rings. The highest BCUT2D eigenvalue weighted by molar-refractivity contribution is 7.93. The lowest BCUT2D eigenvalue weighted by Gasteiger charge is -2.19. The molecule has 0 aromatic heterocycles. The van der Waals surface area contributed by atoms with Crippen molar-refractivity contribution in [3.05, 3.63) is 66.2 Å². The predicted molar refractivity (Wildman–Crippen MR) is 96.7 cm³/mol. The van der Waals surface area contributed by atoms with E-state index >= 15 is 8.78 Å².